The number of carbonyl (C=O) groups is 1. The Hall–Kier alpha value is -2.70. The normalized spacial score (nSPS) is 10.4. The Kier molecular flexibility index (Phi) is 3.28. The zero-order valence-corrected chi connectivity index (χ0v) is 10.0. The quantitative estimate of drug-likeness (QED) is 0.469. The monoisotopic (exact) mass is 262 g/mol. The van der Waals surface area contributed by atoms with E-state index in [9.17, 15) is 19.7 Å². The number of fused-ring (bicyclic) bond motifs is 1. The summed E-state index contributed by atoms with van der Waals surface area (Å²) in [5.41, 5.74) is -0.0742. The van der Waals surface area contributed by atoms with Crippen LogP contribution in [-0.2, 0) is 16.1 Å². The predicted molar refractivity (Wildman–Crippen MR) is 66.9 cm³/mol. The molecule has 0 unspecified atom stereocenters. The molecule has 0 atom stereocenters. The summed E-state index contributed by atoms with van der Waals surface area (Å²) in [7, 11) is 1.25. The van der Waals surface area contributed by atoms with Crippen molar-refractivity contribution in [3.8, 4) is 0 Å². The summed E-state index contributed by atoms with van der Waals surface area (Å²) in [6.07, 6.45) is 1.41. The maximum atomic E-state index is 11.7. The first-order chi connectivity index (χ1) is 9.02. The molecule has 0 amide bonds. The van der Waals surface area contributed by atoms with Crippen molar-refractivity contribution < 1.29 is 14.5 Å². The number of benzene rings is 1. The van der Waals surface area contributed by atoms with Gasteiger partial charge in [0.25, 0.3) is 5.69 Å². The summed E-state index contributed by atoms with van der Waals surface area (Å²) in [6, 6.07) is 5.20. The Morgan fingerprint density at radius 2 is 2.16 bits per heavy atom. The number of pyridine rings is 1. The van der Waals surface area contributed by atoms with Crippen LogP contribution in [0.2, 0.25) is 0 Å². The molecule has 7 heteroatoms. The summed E-state index contributed by atoms with van der Waals surface area (Å²) in [4.78, 5) is 33.1. The Balaban J connectivity index is 2.66. The molecular weight excluding hydrogens is 252 g/mol. The van der Waals surface area contributed by atoms with Gasteiger partial charge < -0.3 is 9.30 Å². The molecule has 0 aliphatic rings. The number of hydrogen-bond donors (Lipinski definition) is 0. The van der Waals surface area contributed by atoms with Crippen LogP contribution in [0.3, 0.4) is 0 Å². The number of non-ortho nitro benzene ring substituents is 1. The standard InChI is InChI=1S/C12H10N2O5/c1-19-12(16)7-13-5-4-11(15)9-3-2-8(14(17)18)6-10(9)13/h2-6H,7H2,1H3. The van der Waals surface area contributed by atoms with Gasteiger partial charge in [-0.2, -0.15) is 0 Å². The minimum atomic E-state index is -0.556. The first kappa shape index (κ1) is 12.7. The van der Waals surface area contributed by atoms with Crippen molar-refractivity contribution in [2.24, 2.45) is 0 Å². The highest BCUT2D eigenvalue weighted by Gasteiger charge is 2.11. The van der Waals surface area contributed by atoms with E-state index in [1.54, 1.807) is 0 Å². The molecule has 0 radical (unpaired) electrons. The lowest BCUT2D eigenvalue weighted by molar-refractivity contribution is -0.384. The number of carbonyl (C=O) groups excluding carboxylic acids is 1. The Morgan fingerprint density at radius 1 is 1.42 bits per heavy atom. The van der Waals surface area contributed by atoms with Crippen LogP contribution < -0.4 is 5.43 Å². The van der Waals surface area contributed by atoms with Crippen molar-refractivity contribution in [2.75, 3.05) is 7.11 Å². The van der Waals surface area contributed by atoms with Gasteiger partial charge in [0.1, 0.15) is 6.54 Å². The van der Waals surface area contributed by atoms with Crippen LogP contribution in [0.4, 0.5) is 5.69 Å². The summed E-state index contributed by atoms with van der Waals surface area (Å²) in [6.45, 7) is -0.117. The highest BCUT2D eigenvalue weighted by Crippen LogP contribution is 2.18. The van der Waals surface area contributed by atoms with E-state index < -0.39 is 10.9 Å². The van der Waals surface area contributed by atoms with Crippen molar-refractivity contribution in [2.45, 2.75) is 6.54 Å². The highest BCUT2D eigenvalue weighted by molar-refractivity contribution is 5.82. The number of hydrogen-bond acceptors (Lipinski definition) is 5. The smallest absolute Gasteiger partial charge is 0.325 e. The summed E-state index contributed by atoms with van der Waals surface area (Å²) < 4.78 is 5.98. The summed E-state index contributed by atoms with van der Waals surface area (Å²) in [5.74, 6) is -0.503. The Bertz CT molecular complexity index is 720. The van der Waals surface area contributed by atoms with Crippen molar-refractivity contribution in [1.29, 1.82) is 0 Å². The molecule has 2 aromatic rings. The van der Waals surface area contributed by atoms with Gasteiger partial charge in [0.15, 0.2) is 5.43 Å². The van der Waals surface area contributed by atoms with Crippen molar-refractivity contribution in [1.82, 2.24) is 4.57 Å². The maximum Gasteiger partial charge on any atom is 0.325 e. The van der Waals surface area contributed by atoms with Crippen LogP contribution >= 0.6 is 0 Å². The fourth-order valence-corrected chi connectivity index (χ4v) is 1.75. The third kappa shape index (κ3) is 2.44. The average Bonchev–Trinajstić information content (AvgIpc) is 2.41. The topological polar surface area (TPSA) is 91.4 Å². The average molecular weight is 262 g/mol. The predicted octanol–water partition coefficient (Wildman–Crippen LogP) is 1.08. The third-order valence-corrected chi connectivity index (χ3v) is 2.70. The van der Waals surface area contributed by atoms with Crippen LogP contribution in [0.25, 0.3) is 10.9 Å². The zero-order chi connectivity index (χ0) is 14.0. The van der Waals surface area contributed by atoms with Gasteiger partial charge in [-0.25, -0.2) is 0 Å². The lowest BCUT2D eigenvalue weighted by Gasteiger charge is -2.08. The van der Waals surface area contributed by atoms with E-state index in [0.29, 0.717) is 10.9 Å². The number of nitro benzene ring substituents is 1. The van der Waals surface area contributed by atoms with Crippen molar-refractivity contribution >= 4 is 22.6 Å². The van der Waals surface area contributed by atoms with Crippen LogP contribution in [-0.4, -0.2) is 22.6 Å². The summed E-state index contributed by atoms with van der Waals surface area (Å²) in [5, 5.41) is 11.1. The number of esters is 1. The first-order valence-corrected chi connectivity index (χ1v) is 5.37. The van der Waals surface area contributed by atoms with Gasteiger partial charge in [0, 0.05) is 29.8 Å². The number of nitrogens with zero attached hydrogens (tertiary/aromatic N) is 2. The lowest BCUT2D eigenvalue weighted by atomic mass is 10.2. The number of nitro groups is 1. The molecule has 0 saturated heterocycles. The minimum absolute atomic E-state index is 0.117. The summed E-state index contributed by atoms with van der Waals surface area (Å²) >= 11 is 0. The van der Waals surface area contributed by atoms with Gasteiger partial charge in [-0.05, 0) is 6.07 Å². The van der Waals surface area contributed by atoms with E-state index in [0.717, 1.165) is 0 Å². The molecule has 0 aliphatic heterocycles. The molecule has 0 aliphatic carbocycles. The van der Waals surface area contributed by atoms with Crippen molar-refractivity contribution in [3.63, 3.8) is 0 Å². The lowest BCUT2D eigenvalue weighted by Crippen LogP contribution is -2.15. The van der Waals surface area contributed by atoms with Gasteiger partial charge in [0.05, 0.1) is 17.5 Å². The molecule has 7 nitrogen and oxygen atoms in total. The molecule has 1 aromatic carbocycles. The van der Waals surface area contributed by atoms with E-state index >= 15 is 0 Å². The van der Waals surface area contributed by atoms with E-state index in [4.69, 9.17) is 0 Å². The molecule has 0 N–H and O–H groups in total. The van der Waals surface area contributed by atoms with E-state index in [2.05, 4.69) is 4.74 Å². The second-order valence-electron chi connectivity index (χ2n) is 3.84. The maximum absolute atomic E-state index is 11.7. The molecule has 0 spiro atoms. The first-order valence-electron chi connectivity index (χ1n) is 5.37. The number of aromatic nitrogens is 1. The molecule has 0 saturated carbocycles. The SMILES string of the molecule is COC(=O)Cn1ccc(=O)c2ccc([N+](=O)[O-])cc21. The minimum Gasteiger partial charge on any atom is -0.468 e. The van der Waals surface area contributed by atoms with Crippen molar-refractivity contribution in [3.05, 3.63) is 50.8 Å². The second kappa shape index (κ2) is 4.89. The van der Waals surface area contributed by atoms with Crippen LogP contribution in [0.5, 0.6) is 0 Å². The molecule has 1 heterocycles. The fraction of sp³-hybridized carbons (Fsp3) is 0.167. The van der Waals surface area contributed by atoms with E-state index in [1.807, 2.05) is 0 Å². The van der Waals surface area contributed by atoms with Gasteiger partial charge in [-0.1, -0.05) is 0 Å². The van der Waals surface area contributed by atoms with E-state index in [1.165, 1.54) is 42.1 Å². The molecule has 1 aromatic heterocycles. The number of rotatable bonds is 3. The van der Waals surface area contributed by atoms with Gasteiger partial charge in [-0.3, -0.25) is 19.7 Å². The molecule has 0 bridgehead atoms. The molecule has 98 valence electrons. The molecule has 0 fully saturated rings. The van der Waals surface area contributed by atoms with Crippen LogP contribution in [0.1, 0.15) is 0 Å². The highest BCUT2D eigenvalue weighted by atomic mass is 16.6. The van der Waals surface area contributed by atoms with Gasteiger partial charge in [0.2, 0.25) is 0 Å². The molecular formula is C12H10N2O5. The fourth-order valence-electron chi connectivity index (χ4n) is 1.75. The Morgan fingerprint density at radius 3 is 2.79 bits per heavy atom. The number of ether oxygens (including phenoxy) is 1. The zero-order valence-electron chi connectivity index (χ0n) is 10.0. The Labute approximate surface area is 107 Å². The molecule has 2 rings (SSSR count). The third-order valence-electron chi connectivity index (χ3n) is 2.70. The second-order valence-corrected chi connectivity index (χ2v) is 3.84. The molecule has 19 heavy (non-hydrogen) atoms. The van der Waals surface area contributed by atoms with Crippen LogP contribution in [0, 0.1) is 10.1 Å². The number of methoxy groups -OCH3 is 1. The van der Waals surface area contributed by atoms with E-state index in [-0.39, 0.29) is 17.7 Å². The largest absolute Gasteiger partial charge is 0.468 e. The van der Waals surface area contributed by atoms with Gasteiger partial charge >= 0.3 is 5.97 Å². The van der Waals surface area contributed by atoms with Gasteiger partial charge in [-0.15, -0.1) is 0 Å². The van der Waals surface area contributed by atoms with Crippen LogP contribution in [0.15, 0.2) is 35.3 Å².